The Labute approximate surface area is 144 Å². The quantitative estimate of drug-likeness (QED) is 0.801. The van der Waals surface area contributed by atoms with Crippen molar-refractivity contribution in [3.63, 3.8) is 0 Å². The summed E-state index contributed by atoms with van der Waals surface area (Å²) in [7, 11) is 0. The first kappa shape index (κ1) is 18.4. The van der Waals surface area contributed by atoms with Crippen LogP contribution >= 0.6 is 0 Å². The van der Waals surface area contributed by atoms with E-state index in [2.05, 4.69) is 34.4 Å². The van der Waals surface area contributed by atoms with Gasteiger partial charge >= 0.3 is 0 Å². The SMILES string of the molecule is CC(C)C(C(=O)NCCC(=O)Nc1ccncc1)N1CCCCC1. The van der Waals surface area contributed by atoms with E-state index in [-0.39, 0.29) is 30.2 Å². The molecule has 0 aliphatic carbocycles. The van der Waals surface area contributed by atoms with Crippen molar-refractivity contribution in [3.8, 4) is 0 Å². The van der Waals surface area contributed by atoms with Crippen LogP contribution in [0.4, 0.5) is 5.69 Å². The van der Waals surface area contributed by atoms with Gasteiger partial charge in [-0.15, -0.1) is 0 Å². The summed E-state index contributed by atoms with van der Waals surface area (Å²) in [5.74, 6) is 0.179. The van der Waals surface area contributed by atoms with E-state index in [1.807, 2.05) is 0 Å². The Bertz CT molecular complexity index is 527. The smallest absolute Gasteiger partial charge is 0.237 e. The van der Waals surface area contributed by atoms with E-state index in [1.54, 1.807) is 24.5 Å². The van der Waals surface area contributed by atoms with Crippen molar-refractivity contribution in [1.29, 1.82) is 0 Å². The summed E-state index contributed by atoms with van der Waals surface area (Å²) in [6.45, 7) is 6.48. The van der Waals surface area contributed by atoms with Crippen LogP contribution in [-0.2, 0) is 9.59 Å². The van der Waals surface area contributed by atoms with E-state index < -0.39 is 0 Å². The summed E-state index contributed by atoms with van der Waals surface area (Å²) in [4.78, 5) is 30.6. The number of hydrogen-bond donors (Lipinski definition) is 2. The number of amides is 2. The highest BCUT2D eigenvalue weighted by molar-refractivity contribution is 5.91. The number of aromatic nitrogens is 1. The zero-order valence-electron chi connectivity index (χ0n) is 14.6. The van der Waals surface area contributed by atoms with Crippen LogP contribution in [0.25, 0.3) is 0 Å². The number of hydrogen-bond acceptors (Lipinski definition) is 4. The van der Waals surface area contributed by atoms with Gasteiger partial charge in [0, 0.05) is 31.0 Å². The molecule has 2 rings (SSSR count). The number of rotatable bonds is 7. The van der Waals surface area contributed by atoms with E-state index in [0.717, 1.165) is 31.6 Å². The molecule has 1 fully saturated rings. The van der Waals surface area contributed by atoms with Gasteiger partial charge in [0.15, 0.2) is 0 Å². The van der Waals surface area contributed by atoms with Crippen molar-refractivity contribution in [2.75, 3.05) is 25.0 Å². The van der Waals surface area contributed by atoms with Gasteiger partial charge in [-0.05, 0) is 44.0 Å². The van der Waals surface area contributed by atoms with Crippen LogP contribution < -0.4 is 10.6 Å². The van der Waals surface area contributed by atoms with E-state index in [0.29, 0.717) is 6.54 Å². The molecule has 0 spiro atoms. The zero-order chi connectivity index (χ0) is 17.4. The van der Waals surface area contributed by atoms with E-state index in [9.17, 15) is 9.59 Å². The zero-order valence-corrected chi connectivity index (χ0v) is 14.6. The number of nitrogens with one attached hydrogen (secondary N) is 2. The van der Waals surface area contributed by atoms with Gasteiger partial charge in [-0.25, -0.2) is 0 Å². The highest BCUT2D eigenvalue weighted by Gasteiger charge is 2.29. The Morgan fingerprint density at radius 1 is 1.17 bits per heavy atom. The molecule has 1 aromatic rings. The molecule has 0 bridgehead atoms. The topological polar surface area (TPSA) is 74.3 Å². The van der Waals surface area contributed by atoms with Gasteiger partial charge in [-0.2, -0.15) is 0 Å². The molecule has 0 saturated carbocycles. The molecule has 2 heterocycles. The molecule has 2 amide bonds. The minimum Gasteiger partial charge on any atom is -0.354 e. The number of anilines is 1. The Morgan fingerprint density at radius 3 is 2.46 bits per heavy atom. The lowest BCUT2D eigenvalue weighted by molar-refractivity contribution is -0.128. The number of likely N-dealkylation sites (tertiary alicyclic amines) is 1. The maximum atomic E-state index is 12.5. The van der Waals surface area contributed by atoms with Crippen LogP contribution in [0.2, 0.25) is 0 Å². The van der Waals surface area contributed by atoms with E-state index >= 15 is 0 Å². The fraction of sp³-hybridized carbons (Fsp3) is 0.611. The van der Waals surface area contributed by atoms with Crippen LogP contribution in [0.1, 0.15) is 39.5 Å². The summed E-state index contributed by atoms with van der Waals surface area (Å²) in [5.41, 5.74) is 0.717. The maximum Gasteiger partial charge on any atom is 0.237 e. The Balaban J connectivity index is 1.77. The van der Waals surface area contributed by atoms with Crippen LogP contribution in [0.5, 0.6) is 0 Å². The standard InChI is InChI=1S/C18H28N4O2/c1-14(2)17(22-12-4-3-5-13-22)18(24)20-11-8-16(23)21-15-6-9-19-10-7-15/h6-7,9-10,14,17H,3-5,8,11-13H2,1-2H3,(H,20,24)(H,19,21,23). The van der Waals surface area contributed by atoms with Crippen molar-refractivity contribution in [3.05, 3.63) is 24.5 Å². The first-order valence-electron chi connectivity index (χ1n) is 8.79. The summed E-state index contributed by atoms with van der Waals surface area (Å²) in [5, 5.41) is 5.71. The monoisotopic (exact) mass is 332 g/mol. The van der Waals surface area contributed by atoms with Crippen molar-refractivity contribution >= 4 is 17.5 Å². The highest BCUT2D eigenvalue weighted by Crippen LogP contribution is 2.17. The third-order valence-electron chi connectivity index (χ3n) is 4.30. The lowest BCUT2D eigenvalue weighted by Gasteiger charge is -2.35. The molecule has 6 nitrogen and oxygen atoms in total. The predicted molar refractivity (Wildman–Crippen MR) is 94.5 cm³/mol. The van der Waals surface area contributed by atoms with E-state index in [4.69, 9.17) is 0 Å². The van der Waals surface area contributed by atoms with Gasteiger partial charge in [0.25, 0.3) is 0 Å². The lowest BCUT2D eigenvalue weighted by atomic mass is 9.98. The molecule has 1 saturated heterocycles. The van der Waals surface area contributed by atoms with Crippen molar-refractivity contribution in [1.82, 2.24) is 15.2 Å². The third kappa shape index (κ3) is 5.60. The Kier molecular flexibility index (Phi) is 7.18. The van der Waals surface area contributed by atoms with Gasteiger partial charge in [-0.3, -0.25) is 19.5 Å². The van der Waals surface area contributed by atoms with Crippen molar-refractivity contribution in [2.24, 2.45) is 5.92 Å². The first-order chi connectivity index (χ1) is 11.6. The third-order valence-corrected chi connectivity index (χ3v) is 4.30. The van der Waals surface area contributed by atoms with Crippen LogP contribution in [0.3, 0.4) is 0 Å². The average Bonchev–Trinajstić information content (AvgIpc) is 2.56. The molecule has 24 heavy (non-hydrogen) atoms. The van der Waals surface area contributed by atoms with Crippen molar-refractivity contribution in [2.45, 2.75) is 45.6 Å². The molecular weight excluding hydrogens is 304 g/mol. The van der Waals surface area contributed by atoms with Gasteiger partial charge in [0.1, 0.15) is 0 Å². The largest absolute Gasteiger partial charge is 0.354 e. The Hall–Kier alpha value is -1.95. The summed E-state index contributed by atoms with van der Waals surface area (Å²) in [6.07, 6.45) is 7.08. The van der Waals surface area contributed by atoms with Crippen LogP contribution in [-0.4, -0.2) is 47.4 Å². The fourth-order valence-electron chi connectivity index (χ4n) is 3.15. The molecule has 1 aliphatic rings. The fourth-order valence-corrected chi connectivity index (χ4v) is 3.15. The summed E-state index contributed by atoms with van der Waals surface area (Å²) in [6, 6.07) is 3.37. The van der Waals surface area contributed by atoms with Gasteiger partial charge in [0.2, 0.25) is 11.8 Å². The number of nitrogens with zero attached hydrogens (tertiary/aromatic N) is 2. The van der Waals surface area contributed by atoms with Crippen LogP contribution in [0, 0.1) is 5.92 Å². The molecule has 0 radical (unpaired) electrons. The lowest BCUT2D eigenvalue weighted by Crippen LogP contribution is -2.51. The second-order valence-corrected chi connectivity index (χ2v) is 6.61. The molecule has 1 aliphatic heterocycles. The van der Waals surface area contributed by atoms with Gasteiger partial charge in [0.05, 0.1) is 6.04 Å². The molecular formula is C18H28N4O2. The molecule has 6 heteroatoms. The molecule has 1 unspecified atom stereocenters. The first-order valence-corrected chi connectivity index (χ1v) is 8.79. The van der Waals surface area contributed by atoms with Gasteiger partial charge in [-0.1, -0.05) is 20.3 Å². The minimum atomic E-state index is -0.111. The minimum absolute atomic E-state index is 0.0311. The highest BCUT2D eigenvalue weighted by atomic mass is 16.2. The summed E-state index contributed by atoms with van der Waals surface area (Å²) >= 11 is 0. The van der Waals surface area contributed by atoms with E-state index in [1.165, 1.54) is 6.42 Å². The second kappa shape index (κ2) is 9.37. The maximum absolute atomic E-state index is 12.5. The molecule has 0 aromatic carbocycles. The molecule has 2 N–H and O–H groups in total. The number of carbonyl (C=O) groups excluding carboxylic acids is 2. The van der Waals surface area contributed by atoms with Gasteiger partial charge < -0.3 is 10.6 Å². The number of pyridine rings is 1. The Morgan fingerprint density at radius 2 is 1.83 bits per heavy atom. The average molecular weight is 332 g/mol. The normalized spacial score (nSPS) is 16.6. The predicted octanol–water partition coefficient (Wildman–Crippen LogP) is 2.04. The summed E-state index contributed by atoms with van der Waals surface area (Å²) < 4.78 is 0. The number of piperidine rings is 1. The molecule has 132 valence electrons. The molecule has 1 atom stereocenters. The molecule has 1 aromatic heterocycles. The van der Waals surface area contributed by atoms with Crippen LogP contribution in [0.15, 0.2) is 24.5 Å². The number of carbonyl (C=O) groups is 2. The van der Waals surface area contributed by atoms with Crippen molar-refractivity contribution < 1.29 is 9.59 Å². The second-order valence-electron chi connectivity index (χ2n) is 6.61.